The second-order valence-corrected chi connectivity index (χ2v) is 12.1. The topological polar surface area (TPSA) is 80.9 Å². The summed E-state index contributed by atoms with van der Waals surface area (Å²) in [6, 6.07) is 4.11. The predicted molar refractivity (Wildman–Crippen MR) is 102 cm³/mol. The zero-order valence-corrected chi connectivity index (χ0v) is 17.2. The van der Waals surface area contributed by atoms with E-state index in [9.17, 15) is 20.4 Å². The molecule has 4 atom stereocenters. The van der Waals surface area contributed by atoms with Crippen molar-refractivity contribution < 1.29 is 20.4 Å². The minimum Gasteiger partial charge on any atom is -0.391 e. The summed E-state index contributed by atoms with van der Waals surface area (Å²) >= 11 is 5.99. The fraction of sp³-hybridized carbons (Fsp3) is 0.625. The van der Waals surface area contributed by atoms with Crippen LogP contribution in [0.5, 0.6) is 0 Å². The van der Waals surface area contributed by atoms with Gasteiger partial charge in [0.1, 0.15) is 8.16 Å². The molecule has 3 rings (SSSR count). The lowest BCUT2D eigenvalue weighted by molar-refractivity contribution is 0.0957. The van der Waals surface area contributed by atoms with E-state index in [4.69, 9.17) is 0 Å². The molecule has 0 radical (unpaired) electrons. The highest BCUT2D eigenvalue weighted by Gasteiger charge is 2.51. The standard InChI is InChI=1S/C16H22O4S4/c1-7(17)15(8(2)18)21-11-5-13-14(6-12(11)22-15)24-16(23-13,9(3)19)10(4)20/h5-10,17-20H,1-4H3. The molecule has 0 fully saturated rings. The van der Waals surface area contributed by atoms with Crippen LogP contribution in [0.1, 0.15) is 27.7 Å². The Bertz CT molecular complexity index is 539. The molecule has 0 amide bonds. The van der Waals surface area contributed by atoms with Crippen molar-refractivity contribution in [1.82, 2.24) is 0 Å². The average Bonchev–Trinajstić information content (AvgIpc) is 3.03. The fourth-order valence-corrected chi connectivity index (χ4v) is 9.10. The van der Waals surface area contributed by atoms with Crippen LogP contribution in [-0.2, 0) is 0 Å². The Hall–Kier alpha value is 0.460. The van der Waals surface area contributed by atoms with Crippen LogP contribution in [0.25, 0.3) is 0 Å². The highest BCUT2D eigenvalue weighted by Crippen LogP contribution is 2.65. The lowest BCUT2D eigenvalue weighted by atomic mass is 10.2. The smallest absolute Gasteiger partial charge is 0.121 e. The fourth-order valence-electron chi connectivity index (χ4n) is 2.95. The molecule has 2 heterocycles. The van der Waals surface area contributed by atoms with Crippen LogP contribution in [0.15, 0.2) is 31.7 Å². The highest BCUT2D eigenvalue weighted by molar-refractivity contribution is 8.22. The maximum Gasteiger partial charge on any atom is 0.121 e. The monoisotopic (exact) mass is 406 g/mol. The van der Waals surface area contributed by atoms with Gasteiger partial charge < -0.3 is 20.4 Å². The third-order valence-electron chi connectivity index (χ3n) is 4.42. The molecule has 8 heteroatoms. The molecule has 134 valence electrons. The van der Waals surface area contributed by atoms with Crippen LogP contribution in [0.4, 0.5) is 0 Å². The maximum atomic E-state index is 10.2. The molecular formula is C16H22O4S4. The van der Waals surface area contributed by atoms with Gasteiger partial charge in [0.25, 0.3) is 0 Å². The normalized spacial score (nSPS) is 25.7. The minimum atomic E-state index is -0.696. The number of benzene rings is 1. The van der Waals surface area contributed by atoms with Crippen LogP contribution in [0.2, 0.25) is 0 Å². The molecule has 4 unspecified atom stereocenters. The van der Waals surface area contributed by atoms with Crippen molar-refractivity contribution in [3.8, 4) is 0 Å². The van der Waals surface area contributed by atoms with E-state index in [1.807, 2.05) is 0 Å². The number of aliphatic hydroxyl groups is 4. The lowest BCUT2D eigenvalue weighted by Gasteiger charge is -2.33. The van der Waals surface area contributed by atoms with Gasteiger partial charge in [0.05, 0.1) is 24.4 Å². The van der Waals surface area contributed by atoms with E-state index >= 15 is 0 Å². The van der Waals surface area contributed by atoms with Gasteiger partial charge in [-0.15, -0.1) is 47.0 Å². The van der Waals surface area contributed by atoms with Crippen molar-refractivity contribution >= 4 is 47.0 Å². The lowest BCUT2D eigenvalue weighted by Crippen LogP contribution is -2.42. The second-order valence-electron chi connectivity index (χ2n) is 6.30. The molecule has 0 bridgehead atoms. The van der Waals surface area contributed by atoms with Gasteiger partial charge in [-0.05, 0) is 39.8 Å². The van der Waals surface area contributed by atoms with Crippen molar-refractivity contribution in [2.45, 2.75) is 79.9 Å². The Balaban J connectivity index is 1.96. The van der Waals surface area contributed by atoms with E-state index in [2.05, 4.69) is 12.1 Å². The molecule has 1 aromatic rings. The molecule has 4 nitrogen and oxygen atoms in total. The first-order chi connectivity index (χ1) is 11.1. The Morgan fingerprint density at radius 1 is 0.583 bits per heavy atom. The van der Waals surface area contributed by atoms with E-state index in [0.717, 1.165) is 19.6 Å². The van der Waals surface area contributed by atoms with E-state index in [1.54, 1.807) is 27.7 Å². The van der Waals surface area contributed by atoms with Crippen LogP contribution in [0.3, 0.4) is 0 Å². The molecule has 2 aliphatic rings. The van der Waals surface area contributed by atoms with Gasteiger partial charge in [0.15, 0.2) is 0 Å². The number of hydrogen-bond donors (Lipinski definition) is 4. The second kappa shape index (κ2) is 6.56. The Labute approximate surface area is 159 Å². The van der Waals surface area contributed by atoms with Gasteiger partial charge in [-0.1, -0.05) is 0 Å². The molecule has 4 N–H and O–H groups in total. The summed E-state index contributed by atoms with van der Waals surface area (Å²) in [5.74, 6) is 0. The summed E-state index contributed by atoms with van der Waals surface area (Å²) in [6.07, 6.45) is -2.65. The summed E-state index contributed by atoms with van der Waals surface area (Å²) in [4.78, 5) is 4.11. The van der Waals surface area contributed by atoms with Crippen LogP contribution in [0, 0.1) is 0 Å². The van der Waals surface area contributed by atoms with Crippen LogP contribution in [-0.4, -0.2) is 53.0 Å². The minimum absolute atomic E-state index is 0.663. The Kier molecular flexibility index (Phi) is 5.26. The summed E-state index contributed by atoms with van der Waals surface area (Å²) < 4.78 is -1.39. The number of fused-ring (bicyclic) bond motifs is 2. The van der Waals surface area contributed by atoms with E-state index in [1.165, 1.54) is 47.0 Å². The molecule has 0 saturated carbocycles. The molecule has 0 aliphatic carbocycles. The Morgan fingerprint density at radius 3 is 0.958 bits per heavy atom. The summed E-state index contributed by atoms with van der Waals surface area (Å²) in [6.45, 7) is 6.84. The predicted octanol–water partition coefficient (Wildman–Crippen LogP) is 3.00. The largest absolute Gasteiger partial charge is 0.391 e. The number of aliphatic hydroxyl groups excluding tert-OH is 4. The first-order valence-electron chi connectivity index (χ1n) is 7.78. The first kappa shape index (κ1) is 19.2. The van der Waals surface area contributed by atoms with Gasteiger partial charge in [-0.25, -0.2) is 0 Å². The molecule has 0 aromatic heterocycles. The molecule has 0 spiro atoms. The van der Waals surface area contributed by atoms with Gasteiger partial charge in [0, 0.05) is 19.6 Å². The van der Waals surface area contributed by atoms with Crippen LogP contribution >= 0.6 is 47.0 Å². The number of hydrogen-bond acceptors (Lipinski definition) is 8. The van der Waals surface area contributed by atoms with Crippen molar-refractivity contribution in [3.05, 3.63) is 12.1 Å². The molecule has 2 aliphatic heterocycles. The molecule has 0 saturated heterocycles. The number of thioether (sulfide) groups is 4. The van der Waals surface area contributed by atoms with Crippen molar-refractivity contribution in [3.63, 3.8) is 0 Å². The third kappa shape index (κ3) is 2.83. The van der Waals surface area contributed by atoms with E-state index < -0.39 is 32.6 Å². The Morgan fingerprint density at radius 2 is 0.792 bits per heavy atom. The quantitative estimate of drug-likeness (QED) is 0.608. The molecular weight excluding hydrogens is 384 g/mol. The van der Waals surface area contributed by atoms with E-state index in [0.29, 0.717) is 0 Å². The summed E-state index contributed by atoms with van der Waals surface area (Å²) in [5.41, 5.74) is 0. The van der Waals surface area contributed by atoms with Crippen LogP contribution < -0.4 is 0 Å². The van der Waals surface area contributed by atoms with Gasteiger partial charge >= 0.3 is 0 Å². The van der Waals surface area contributed by atoms with Crippen molar-refractivity contribution in [2.75, 3.05) is 0 Å². The summed E-state index contributed by atoms with van der Waals surface area (Å²) in [5, 5.41) is 40.8. The number of rotatable bonds is 4. The van der Waals surface area contributed by atoms with Gasteiger partial charge in [0.2, 0.25) is 0 Å². The van der Waals surface area contributed by atoms with E-state index in [-0.39, 0.29) is 0 Å². The van der Waals surface area contributed by atoms with Crippen molar-refractivity contribution in [2.24, 2.45) is 0 Å². The SMILES string of the molecule is CC(O)C1(C(C)O)Sc2cc3c(cc2S1)SC(C(C)O)(C(C)O)S3. The highest BCUT2D eigenvalue weighted by atomic mass is 32.2. The molecule has 1 aromatic carbocycles. The maximum absolute atomic E-state index is 10.2. The third-order valence-corrected chi connectivity index (χ3v) is 11.9. The zero-order valence-electron chi connectivity index (χ0n) is 13.9. The zero-order chi connectivity index (χ0) is 17.9. The average molecular weight is 407 g/mol. The molecule has 24 heavy (non-hydrogen) atoms. The summed E-state index contributed by atoms with van der Waals surface area (Å²) in [7, 11) is 0. The van der Waals surface area contributed by atoms with Crippen molar-refractivity contribution in [1.29, 1.82) is 0 Å². The first-order valence-corrected chi connectivity index (χ1v) is 11.1. The van der Waals surface area contributed by atoms with Gasteiger partial charge in [-0.3, -0.25) is 0 Å². The van der Waals surface area contributed by atoms with Gasteiger partial charge in [-0.2, -0.15) is 0 Å².